The highest BCUT2D eigenvalue weighted by molar-refractivity contribution is 8.77. The number of esters is 1. The number of likely N-dealkylation sites (N-methyl/N-ethyl adjacent to an activating group) is 1. The predicted molar refractivity (Wildman–Crippen MR) is 221 cm³/mol. The molecule has 1 aromatic carbocycles. The summed E-state index contributed by atoms with van der Waals surface area (Å²) in [7, 11) is 9.04. The molecule has 1 fully saturated rings. The number of hydrogen-bond donors (Lipinski definition) is 4. The van der Waals surface area contributed by atoms with Gasteiger partial charge in [-0.25, -0.2) is 9.59 Å². The maximum absolute atomic E-state index is 14.1. The van der Waals surface area contributed by atoms with Crippen LogP contribution in [0.3, 0.4) is 0 Å². The predicted octanol–water partition coefficient (Wildman–Crippen LogP) is 4.86. The third kappa shape index (κ3) is 12.3. The Morgan fingerprint density at radius 2 is 1.91 bits per heavy atom. The van der Waals surface area contributed by atoms with E-state index in [9.17, 15) is 29.4 Å². The Labute approximate surface area is 343 Å². The van der Waals surface area contributed by atoms with Gasteiger partial charge in [0.1, 0.15) is 35.1 Å². The van der Waals surface area contributed by atoms with Gasteiger partial charge in [-0.05, 0) is 51.8 Å². The van der Waals surface area contributed by atoms with E-state index in [1.54, 1.807) is 56.0 Å². The van der Waals surface area contributed by atoms with E-state index in [0.717, 1.165) is 11.1 Å². The van der Waals surface area contributed by atoms with E-state index >= 15 is 0 Å². The molecule has 17 heteroatoms. The topological polar surface area (TPSA) is 190 Å². The highest BCUT2D eigenvalue weighted by Gasteiger charge is 2.48. The van der Waals surface area contributed by atoms with E-state index in [-0.39, 0.29) is 34.9 Å². The summed E-state index contributed by atoms with van der Waals surface area (Å²) in [6, 6.07) is 2.51. The molecule has 1 saturated heterocycles. The van der Waals surface area contributed by atoms with Gasteiger partial charge in [0.15, 0.2) is 5.72 Å². The van der Waals surface area contributed by atoms with Crippen LogP contribution < -0.4 is 20.7 Å². The maximum atomic E-state index is 14.1. The molecule has 56 heavy (non-hydrogen) atoms. The van der Waals surface area contributed by atoms with Gasteiger partial charge in [0.05, 0.1) is 25.3 Å². The molecule has 3 amide bonds. The molecule has 0 radical (unpaired) electrons. The molecule has 1 aromatic rings. The second kappa shape index (κ2) is 20.6. The first-order valence-electron chi connectivity index (χ1n) is 18.5. The molecule has 2 aliphatic rings. The highest BCUT2D eigenvalue weighted by atomic mass is 35.5. The van der Waals surface area contributed by atoms with Gasteiger partial charge < -0.3 is 44.7 Å². The number of anilines is 1. The SMILES string of the molecule is COc1cc2cc(c1Cl)N(C)C(=O)C[C@H](OC(=O)[C@H](C)N(C)C(=O)CCSSC(C)(C)CN)[C@@H](C)[C@@H](O)[C@H](C)[C@@H]1C[C@@](O)(NC(=O)O1)[C@H](OC)/C=C/C=C(\C)C2. The van der Waals surface area contributed by atoms with E-state index < -0.39 is 66.0 Å². The monoisotopic (exact) mass is 842 g/mol. The fourth-order valence-electron chi connectivity index (χ4n) is 6.35. The minimum atomic E-state index is -1.90. The van der Waals surface area contributed by atoms with Gasteiger partial charge >= 0.3 is 12.1 Å². The first kappa shape index (κ1) is 47.4. The lowest BCUT2D eigenvalue weighted by molar-refractivity contribution is -0.167. The molecule has 0 aromatic heterocycles. The number of rotatable bonds is 11. The fraction of sp³-hybridized carbons (Fsp3) is 0.641. The molecular formula is C39H59ClN4O10S2. The van der Waals surface area contributed by atoms with Gasteiger partial charge in [0, 0.05) is 62.9 Å². The standard InChI is InChI=1S/C39H59ClN4O10S2/c1-22-12-11-13-31(52-10)39(50)20-30(54-37(49)42-39)24(3)35(47)23(2)28(19-33(46)44(8)27-17-26(16-22)18-29(51-9)34(27)40)53-36(48)25(4)43(7)32(45)14-15-55-56-38(5,6)21-41/h11-13,17-18,23-25,28,30-31,35,47,50H,14-16,19-21,41H2,1-10H3,(H,42,49)/b13-11+,22-12+/t23-,24-,25+,28+,30+,31-,35-,39+/m1/s1. The van der Waals surface area contributed by atoms with Crippen molar-refractivity contribution < 1.29 is 48.3 Å². The van der Waals surface area contributed by atoms with Crippen LogP contribution in [0.25, 0.3) is 0 Å². The molecule has 0 spiro atoms. The Morgan fingerprint density at radius 1 is 1.23 bits per heavy atom. The van der Waals surface area contributed by atoms with Crippen LogP contribution in [0.4, 0.5) is 10.5 Å². The zero-order chi connectivity index (χ0) is 42.1. The largest absolute Gasteiger partial charge is 0.495 e. The van der Waals surface area contributed by atoms with Crippen LogP contribution >= 0.6 is 33.2 Å². The third-order valence-corrected chi connectivity index (χ3v) is 14.1. The number of aliphatic hydroxyl groups is 2. The Hall–Kier alpha value is -2.99. The number of methoxy groups -OCH3 is 2. The fourth-order valence-corrected chi connectivity index (χ4v) is 9.05. The molecule has 3 rings (SSSR count). The zero-order valence-corrected chi connectivity index (χ0v) is 36.4. The van der Waals surface area contributed by atoms with Crippen molar-refractivity contribution in [2.75, 3.05) is 45.5 Å². The number of fused-ring (bicyclic) bond motifs is 4. The average Bonchev–Trinajstić information content (AvgIpc) is 3.15. The van der Waals surface area contributed by atoms with E-state index in [2.05, 4.69) is 5.32 Å². The number of nitrogens with one attached hydrogen (secondary N) is 1. The minimum Gasteiger partial charge on any atom is -0.495 e. The van der Waals surface area contributed by atoms with Crippen molar-refractivity contribution >= 4 is 62.8 Å². The molecule has 2 heterocycles. The zero-order valence-electron chi connectivity index (χ0n) is 34.0. The smallest absolute Gasteiger partial charge is 0.409 e. The van der Waals surface area contributed by atoms with Crippen LogP contribution in [-0.4, -0.2) is 121 Å². The van der Waals surface area contributed by atoms with Crippen molar-refractivity contribution in [3.8, 4) is 5.75 Å². The number of halogens is 1. The van der Waals surface area contributed by atoms with E-state index in [1.807, 2.05) is 26.8 Å². The first-order valence-corrected chi connectivity index (χ1v) is 21.2. The summed E-state index contributed by atoms with van der Waals surface area (Å²) in [6.45, 7) is 11.2. The van der Waals surface area contributed by atoms with Gasteiger partial charge in [-0.15, -0.1) is 0 Å². The van der Waals surface area contributed by atoms with Crippen LogP contribution in [-0.2, 0) is 35.0 Å². The van der Waals surface area contributed by atoms with Crippen LogP contribution in [0.1, 0.15) is 66.4 Å². The van der Waals surface area contributed by atoms with Crippen molar-refractivity contribution in [3.63, 3.8) is 0 Å². The van der Waals surface area contributed by atoms with Crippen molar-refractivity contribution in [3.05, 3.63) is 46.5 Å². The normalized spacial score (nSPS) is 28.6. The van der Waals surface area contributed by atoms with Gasteiger partial charge in [-0.1, -0.05) is 70.8 Å². The molecular weight excluding hydrogens is 784 g/mol. The molecule has 0 saturated carbocycles. The number of benzene rings is 1. The number of carbonyl (C=O) groups excluding carboxylic acids is 4. The van der Waals surface area contributed by atoms with Crippen LogP contribution in [0.5, 0.6) is 5.75 Å². The molecule has 314 valence electrons. The maximum Gasteiger partial charge on any atom is 0.409 e. The Balaban J connectivity index is 2.01. The van der Waals surface area contributed by atoms with Gasteiger partial charge in [-0.3, -0.25) is 14.9 Å². The second-order valence-electron chi connectivity index (χ2n) is 15.2. The van der Waals surface area contributed by atoms with E-state index in [0.29, 0.717) is 30.2 Å². The quantitative estimate of drug-likeness (QED) is 0.134. The van der Waals surface area contributed by atoms with E-state index in [4.69, 9.17) is 36.3 Å². The summed E-state index contributed by atoms with van der Waals surface area (Å²) in [5, 5.41) is 26.2. The van der Waals surface area contributed by atoms with Gasteiger partial charge in [-0.2, -0.15) is 0 Å². The summed E-state index contributed by atoms with van der Waals surface area (Å²) in [5.41, 5.74) is 5.95. The number of alkyl carbamates (subject to hydrolysis) is 1. The number of amides is 3. The molecule has 8 atom stereocenters. The summed E-state index contributed by atoms with van der Waals surface area (Å²) >= 11 is 6.75. The Kier molecular flexibility index (Phi) is 17.4. The lowest BCUT2D eigenvalue weighted by Crippen LogP contribution is -2.64. The summed E-state index contributed by atoms with van der Waals surface area (Å²) in [4.78, 5) is 56.5. The molecule has 5 N–H and O–H groups in total. The number of allylic oxidation sites excluding steroid dienone is 3. The van der Waals surface area contributed by atoms with Gasteiger partial charge in [0.2, 0.25) is 11.8 Å². The highest BCUT2D eigenvalue weighted by Crippen LogP contribution is 2.38. The van der Waals surface area contributed by atoms with Crippen molar-refractivity contribution in [1.29, 1.82) is 0 Å². The van der Waals surface area contributed by atoms with Crippen LogP contribution in [0.2, 0.25) is 5.02 Å². The molecule has 4 bridgehead atoms. The van der Waals surface area contributed by atoms with E-state index in [1.165, 1.54) is 48.8 Å². The number of hydrogen-bond acceptors (Lipinski definition) is 13. The number of nitrogens with zero attached hydrogens (tertiary/aromatic N) is 2. The average molecular weight is 844 g/mol. The number of carbonyl (C=O) groups is 4. The molecule has 14 nitrogen and oxygen atoms in total. The van der Waals surface area contributed by atoms with Crippen molar-refractivity contribution in [2.24, 2.45) is 17.6 Å². The minimum absolute atomic E-state index is 0.152. The summed E-state index contributed by atoms with van der Waals surface area (Å²) < 4.78 is 22.6. The first-order chi connectivity index (χ1) is 26.2. The third-order valence-electron chi connectivity index (χ3n) is 10.4. The van der Waals surface area contributed by atoms with Crippen LogP contribution in [0.15, 0.2) is 35.9 Å². The lowest BCUT2D eigenvalue weighted by atomic mass is 9.81. The summed E-state index contributed by atoms with van der Waals surface area (Å²) in [6.07, 6.45) is -0.205. The number of ether oxygens (including phenoxy) is 4. The lowest BCUT2D eigenvalue weighted by Gasteiger charge is -2.43. The second-order valence-corrected chi connectivity index (χ2v) is 18.7. The van der Waals surface area contributed by atoms with Crippen LogP contribution in [0, 0.1) is 11.8 Å². The number of aliphatic hydroxyl groups excluding tert-OH is 1. The van der Waals surface area contributed by atoms with Crippen molar-refractivity contribution in [1.82, 2.24) is 10.2 Å². The molecule has 0 aliphatic carbocycles. The number of nitrogens with two attached hydrogens (primary N) is 1. The summed E-state index contributed by atoms with van der Waals surface area (Å²) in [5.74, 6) is -2.42. The molecule has 2 aliphatic heterocycles. The van der Waals surface area contributed by atoms with Crippen molar-refractivity contribution in [2.45, 2.75) is 108 Å². The Bertz CT molecular complexity index is 1630. The molecule has 0 unspecified atom stereocenters. The van der Waals surface area contributed by atoms with Gasteiger partial charge in [0.25, 0.3) is 0 Å². The Morgan fingerprint density at radius 3 is 2.54 bits per heavy atom.